The van der Waals surface area contributed by atoms with Crippen LogP contribution in [0.4, 0.5) is 0 Å². The fraction of sp³-hybridized carbons (Fsp3) is 0.350. The molecule has 0 N–H and O–H groups in total. The van der Waals surface area contributed by atoms with Crippen LogP contribution in [0.5, 0.6) is 0 Å². The molecular formula is C60H63Br3N3+3. The highest BCUT2D eigenvalue weighted by Crippen LogP contribution is 2.11. The van der Waals surface area contributed by atoms with E-state index >= 15 is 0 Å². The van der Waals surface area contributed by atoms with Gasteiger partial charge < -0.3 is 0 Å². The van der Waals surface area contributed by atoms with Crippen LogP contribution in [0.3, 0.4) is 0 Å². The Balaban J connectivity index is 0.000000338. The van der Waals surface area contributed by atoms with E-state index in [-0.39, 0.29) is 0 Å². The van der Waals surface area contributed by atoms with Crippen LogP contribution in [0.1, 0.15) is 128 Å². The molecule has 336 valence electrons. The van der Waals surface area contributed by atoms with Crippen LogP contribution in [0.2, 0.25) is 0 Å². The molecule has 0 aliphatic heterocycles. The third-order valence-electron chi connectivity index (χ3n) is 10.2. The predicted molar refractivity (Wildman–Crippen MR) is 285 cm³/mol. The molecule has 0 spiro atoms. The minimum absolute atomic E-state index is 0.853. The first-order chi connectivity index (χ1) is 32.4. The van der Waals surface area contributed by atoms with Crippen LogP contribution in [-0.2, 0) is 19.6 Å². The highest BCUT2D eigenvalue weighted by Gasteiger charge is 2.05. The average molecular weight is 1070 g/mol. The van der Waals surface area contributed by atoms with Gasteiger partial charge in [-0.2, -0.15) is 0 Å². The minimum atomic E-state index is 0.853. The molecule has 0 aliphatic rings. The molecule has 2 aromatic carbocycles. The largest absolute Gasteiger partial charge is 0.203 e. The molecule has 66 heavy (non-hydrogen) atoms. The number of nitrogens with zero attached hydrogens (tertiary/aromatic N) is 3. The molecule has 0 atom stereocenters. The summed E-state index contributed by atoms with van der Waals surface area (Å²) < 4.78 is 6.84. The predicted octanol–water partition coefficient (Wildman–Crippen LogP) is 12.2. The van der Waals surface area contributed by atoms with Gasteiger partial charge in [0.15, 0.2) is 35.7 Å². The van der Waals surface area contributed by atoms with E-state index in [0.717, 1.165) is 146 Å². The van der Waals surface area contributed by atoms with Crippen LogP contribution in [0.15, 0.2) is 110 Å². The van der Waals surface area contributed by atoms with E-state index in [1.54, 1.807) is 0 Å². The van der Waals surface area contributed by atoms with Gasteiger partial charge in [-0.25, -0.2) is 13.7 Å². The summed E-state index contributed by atoms with van der Waals surface area (Å²) in [6, 6.07) is 31.4. The molecule has 0 aliphatic carbocycles. The molecule has 5 aromatic rings. The second kappa shape index (κ2) is 33.2. The molecule has 0 fully saturated rings. The Bertz CT molecular complexity index is 2360. The summed E-state index contributed by atoms with van der Waals surface area (Å²) in [6.07, 6.45) is 17.9. The monoisotopic (exact) mass is 1060 g/mol. The lowest BCUT2D eigenvalue weighted by molar-refractivity contribution is -0.703. The lowest BCUT2D eigenvalue weighted by atomic mass is 10.1. The molecule has 0 bridgehead atoms. The topological polar surface area (TPSA) is 11.6 Å². The number of aryl methyl sites for hydroxylation is 6. The van der Waals surface area contributed by atoms with Crippen molar-refractivity contribution in [2.75, 3.05) is 16.0 Å². The Morgan fingerprint density at radius 2 is 0.561 bits per heavy atom. The van der Waals surface area contributed by atoms with Gasteiger partial charge in [0.1, 0.15) is 19.6 Å². The number of aromatic nitrogens is 3. The molecule has 3 nitrogen and oxygen atoms in total. The van der Waals surface area contributed by atoms with Crippen LogP contribution < -0.4 is 13.7 Å². The van der Waals surface area contributed by atoms with Crippen LogP contribution >= 0.6 is 47.8 Å². The zero-order valence-electron chi connectivity index (χ0n) is 39.1. The summed E-state index contributed by atoms with van der Waals surface area (Å²) >= 11 is 10.3. The molecule has 5 rings (SSSR count). The standard InChI is InChI=1S/C39H42N3.C21H21Br3/c1-34-19-10-16-28-40(34)25-13-4-7-22-37-31-38(23-8-5-14-26-41-29-17-11-20-35(41)2)33-39(32-37)24-9-6-15-27-42-30-18-12-21-36(42)3;22-13-7-1-4-10-19-16-20(11-5-2-8-14-23)18-21(17-19)12-6-3-9-15-24/h10-12,16-21,28-33H,4-6,13-15,25-27H2,1-3H3;16-18H,1-3,7-9,13-15H2/q+3;. The van der Waals surface area contributed by atoms with Gasteiger partial charge in [-0.05, 0) is 55.7 Å². The Labute approximate surface area is 423 Å². The summed E-state index contributed by atoms with van der Waals surface area (Å²) in [6.45, 7) is 9.36. The van der Waals surface area contributed by atoms with Crippen molar-refractivity contribution in [2.24, 2.45) is 0 Å². The van der Waals surface area contributed by atoms with Crippen molar-refractivity contribution in [3.05, 3.63) is 160 Å². The van der Waals surface area contributed by atoms with Gasteiger partial charge in [-0.15, -0.1) is 0 Å². The van der Waals surface area contributed by atoms with Gasteiger partial charge in [0.05, 0.1) is 0 Å². The third kappa shape index (κ3) is 22.3. The zero-order chi connectivity index (χ0) is 46.9. The summed E-state index contributed by atoms with van der Waals surface area (Å²) in [5.41, 5.74) is 9.78. The molecule has 0 radical (unpaired) electrons. The lowest BCUT2D eigenvalue weighted by Crippen LogP contribution is -2.36. The maximum Gasteiger partial charge on any atom is 0.178 e. The smallest absolute Gasteiger partial charge is 0.178 e. The van der Waals surface area contributed by atoms with Gasteiger partial charge >= 0.3 is 0 Å². The number of unbranched alkanes of at least 4 members (excludes halogenated alkanes) is 6. The number of rotatable bonds is 15. The molecular weight excluding hydrogens is 1000 g/mol. The first-order valence-corrected chi connectivity index (χ1v) is 26.5. The Hall–Kier alpha value is -5.31. The maximum absolute atomic E-state index is 3.43. The van der Waals surface area contributed by atoms with Crippen molar-refractivity contribution < 1.29 is 13.7 Å². The number of pyridine rings is 3. The SMILES string of the molecule is BrCCCC#Cc1cc(C#CCCCBr)cc(C#CCCCBr)c1.Cc1cccc[n+]1CCCC#Cc1cc(C#CCCC[n+]2ccccc2C)cc(C#CCCC[n+]2ccccc2C)c1. The second-order valence-corrected chi connectivity index (χ2v) is 18.1. The van der Waals surface area contributed by atoms with Gasteiger partial charge in [0.2, 0.25) is 0 Å². The van der Waals surface area contributed by atoms with E-state index in [4.69, 9.17) is 0 Å². The number of hydrogen-bond acceptors (Lipinski definition) is 0. The zero-order valence-corrected chi connectivity index (χ0v) is 43.9. The maximum atomic E-state index is 3.43. The summed E-state index contributed by atoms with van der Waals surface area (Å²) in [5, 5.41) is 2.97. The molecule has 6 heteroatoms. The number of alkyl halides is 3. The van der Waals surface area contributed by atoms with Crippen molar-refractivity contribution in [3.63, 3.8) is 0 Å². The molecule has 0 unspecified atom stereocenters. The van der Waals surface area contributed by atoms with Crippen LogP contribution in [0.25, 0.3) is 0 Å². The Kier molecular flexibility index (Phi) is 26.8. The van der Waals surface area contributed by atoms with E-state index < -0.39 is 0 Å². The number of benzene rings is 2. The van der Waals surface area contributed by atoms with Crippen molar-refractivity contribution in [1.29, 1.82) is 0 Å². The minimum Gasteiger partial charge on any atom is -0.203 e. The Morgan fingerprint density at radius 3 is 0.773 bits per heavy atom. The first-order valence-electron chi connectivity index (χ1n) is 23.1. The van der Waals surface area contributed by atoms with Gasteiger partial charge in [-0.3, -0.25) is 0 Å². The quantitative estimate of drug-likeness (QED) is 0.0429. The summed E-state index contributed by atoms with van der Waals surface area (Å²) in [5.74, 6) is 39.7. The van der Waals surface area contributed by atoms with Gasteiger partial charge in [0.25, 0.3) is 0 Å². The first kappa shape index (κ1) is 53.3. The molecule has 3 heterocycles. The van der Waals surface area contributed by atoms with Crippen LogP contribution in [-0.4, -0.2) is 16.0 Å². The summed E-state index contributed by atoms with van der Waals surface area (Å²) in [7, 11) is 0. The molecule has 3 aromatic heterocycles. The molecule has 0 amide bonds. The number of halogens is 3. The van der Waals surface area contributed by atoms with E-state index in [1.165, 1.54) is 17.1 Å². The second-order valence-electron chi connectivity index (χ2n) is 15.7. The van der Waals surface area contributed by atoms with E-state index in [0.29, 0.717) is 0 Å². The Morgan fingerprint density at radius 1 is 0.333 bits per heavy atom. The molecule has 0 saturated carbocycles. The van der Waals surface area contributed by atoms with Crippen molar-refractivity contribution in [1.82, 2.24) is 0 Å². The van der Waals surface area contributed by atoms with Gasteiger partial charge in [0, 0.05) is 164 Å². The van der Waals surface area contributed by atoms with Gasteiger partial charge in [-0.1, -0.05) is 137 Å². The van der Waals surface area contributed by atoms with Crippen LogP contribution in [0, 0.1) is 91.8 Å². The number of hydrogen-bond donors (Lipinski definition) is 0. The van der Waals surface area contributed by atoms with E-state index in [9.17, 15) is 0 Å². The normalized spacial score (nSPS) is 9.73. The van der Waals surface area contributed by atoms with Crippen molar-refractivity contribution >= 4 is 47.8 Å². The lowest BCUT2D eigenvalue weighted by Gasteiger charge is -1.99. The van der Waals surface area contributed by atoms with E-state index in [2.05, 4.69) is 263 Å². The fourth-order valence-electron chi connectivity index (χ4n) is 6.59. The van der Waals surface area contributed by atoms with Crippen molar-refractivity contribution in [2.45, 2.75) is 117 Å². The summed E-state index contributed by atoms with van der Waals surface area (Å²) in [4.78, 5) is 0. The third-order valence-corrected chi connectivity index (χ3v) is 11.9. The van der Waals surface area contributed by atoms with Crippen molar-refractivity contribution in [3.8, 4) is 71.0 Å². The highest BCUT2D eigenvalue weighted by atomic mass is 79.9. The fourth-order valence-corrected chi connectivity index (χ4v) is 7.43. The van der Waals surface area contributed by atoms with E-state index in [1.807, 2.05) is 0 Å². The average Bonchev–Trinajstić information content (AvgIpc) is 3.32. The molecule has 0 saturated heterocycles. The highest BCUT2D eigenvalue weighted by molar-refractivity contribution is 9.09.